The standard InChI is InChI=1S/C9H16N2O/c1-4-9(12)11-6-5-8(11)7-10(2)3/h4,8H,1,5-7H2,2-3H3/t8-/m1/s1. The zero-order valence-corrected chi connectivity index (χ0v) is 7.79. The van der Waals surface area contributed by atoms with Crippen molar-refractivity contribution in [1.82, 2.24) is 9.80 Å². The van der Waals surface area contributed by atoms with Crippen LogP contribution in [0, 0.1) is 0 Å². The van der Waals surface area contributed by atoms with E-state index < -0.39 is 0 Å². The Bertz CT molecular complexity index is 189. The topological polar surface area (TPSA) is 23.6 Å². The van der Waals surface area contributed by atoms with E-state index in [2.05, 4.69) is 11.5 Å². The molecular weight excluding hydrogens is 152 g/mol. The third-order valence-electron chi connectivity index (χ3n) is 2.18. The van der Waals surface area contributed by atoms with Gasteiger partial charge in [0.2, 0.25) is 5.91 Å². The number of carbonyl (C=O) groups is 1. The van der Waals surface area contributed by atoms with Gasteiger partial charge < -0.3 is 9.80 Å². The van der Waals surface area contributed by atoms with Gasteiger partial charge in [-0.3, -0.25) is 4.79 Å². The van der Waals surface area contributed by atoms with Crippen LogP contribution in [0.4, 0.5) is 0 Å². The minimum atomic E-state index is 0.0631. The molecule has 3 nitrogen and oxygen atoms in total. The molecule has 1 saturated heterocycles. The van der Waals surface area contributed by atoms with E-state index in [1.807, 2.05) is 19.0 Å². The number of nitrogens with zero attached hydrogens (tertiary/aromatic N) is 2. The molecular formula is C9H16N2O. The first-order valence-electron chi connectivity index (χ1n) is 4.23. The van der Waals surface area contributed by atoms with Crippen molar-refractivity contribution in [1.29, 1.82) is 0 Å². The monoisotopic (exact) mass is 168 g/mol. The van der Waals surface area contributed by atoms with Gasteiger partial charge in [0.05, 0.1) is 0 Å². The molecule has 1 atom stereocenters. The summed E-state index contributed by atoms with van der Waals surface area (Å²) in [6.07, 6.45) is 2.51. The van der Waals surface area contributed by atoms with E-state index in [4.69, 9.17) is 0 Å². The van der Waals surface area contributed by atoms with E-state index in [9.17, 15) is 4.79 Å². The molecule has 1 heterocycles. The Morgan fingerprint density at radius 1 is 1.75 bits per heavy atom. The number of likely N-dealkylation sites (N-methyl/N-ethyl adjacent to an activating group) is 1. The fourth-order valence-electron chi connectivity index (χ4n) is 1.46. The fraction of sp³-hybridized carbons (Fsp3) is 0.667. The summed E-state index contributed by atoms with van der Waals surface area (Å²) in [7, 11) is 4.05. The lowest BCUT2D eigenvalue weighted by molar-refractivity contribution is -0.133. The molecule has 68 valence electrons. The number of likely N-dealkylation sites (tertiary alicyclic amines) is 1. The van der Waals surface area contributed by atoms with Crippen molar-refractivity contribution < 1.29 is 4.79 Å². The zero-order valence-electron chi connectivity index (χ0n) is 7.79. The predicted molar refractivity (Wildman–Crippen MR) is 48.9 cm³/mol. The van der Waals surface area contributed by atoms with Crippen LogP contribution in [0.15, 0.2) is 12.7 Å². The minimum Gasteiger partial charge on any atom is -0.335 e. The van der Waals surface area contributed by atoms with Crippen LogP contribution in [0.5, 0.6) is 0 Å². The average Bonchev–Trinajstić information content (AvgIpc) is 1.98. The highest BCUT2D eigenvalue weighted by atomic mass is 16.2. The number of hydrogen-bond donors (Lipinski definition) is 0. The summed E-state index contributed by atoms with van der Waals surface area (Å²) in [5.41, 5.74) is 0. The second-order valence-electron chi connectivity index (χ2n) is 3.44. The van der Waals surface area contributed by atoms with Crippen LogP contribution in [0.25, 0.3) is 0 Å². The molecule has 3 heteroatoms. The van der Waals surface area contributed by atoms with Crippen LogP contribution in [-0.4, -0.2) is 48.9 Å². The molecule has 12 heavy (non-hydrogen) atoms. The Labute approximate surface area is 73.6 Å². The summed E-state index contributed by atoms with van der Waals surface area (Å²) in [6.45, 7) is 5.32. The van der Waals surface area contributed by atoms with E-state index >= 15 is 0 Å². The van der Waals surface area contributed by atoms with Crippen molar-refractivity contribution in [3.8, 4) is 0 Å². The second-order valence-corrected chi connectivity index (χ2v) is 3.44. The molecule has 1 fully saturated rings. The van der Waals surface area contributed by atoms with Gasteiger partial charge in [0.1, 0.15) is 0 Å². The molecule has 0 aromatic heterocycles. The Morgan fingerprint density at radius 3 is 2.75 bits per heavy atom. The summed E-state index contributed by atoms with van der Waals surface area (Å²) >= 11 is 0. The minimum absolute atomic E-state index is 0.0631. The Kier molecular flexibility index (Phi) is 2.87. The summed E-state index contributed by atoms with van der Waals surface area (Å²) in [4.78, 5) is 15.1. The van der Waals surface area contributed by atoms with Crippen LogP contribution in [0.3, 0.4) is 0 Å². The third-order valence-corrected chi connectivity index (χ3v) is 2.18. The molecule has 0 bridgehead atoms. The summed E-state index contributed by atoms with van der Waals surface area (Å²) in [6, 6.07) is 0.408. The lowest BCUT2D eigenvalue weighted by Gasteiger charge is -2.41. The van der Waals surface area contributed by atoms with Gasteiger partial charge in [0.25, 0.3) is 0 Å². The average molecular weight is 168 g/mol. The van der Waals surface area contributed by atoms with Crippen molar-refractivity contribution in [2.75, 3.05) is 27.2 Å². The summed E-state index contributed by atoms with van der Waals surface area (Å²) < 4.78 is 0. The van der Waals surface area contributed by atoms with Crippen LogP contribution in [0.1, 0.15) is 6.42 Å². The van der Waals surface area contributed by atoms with Gasteiger partial charge in [-0.05, 0) is 26.6 Å². The van der Waals surface area contributed by atoms with Crippen LogP contribution < -0.4 is 0 Å². The number of rotatable bonds is 3. The van der Waals surface area contributed by atoms with E-state index in [-0.39, 0.29) is 5.91 Å². The third kappa shape index (κ3) is 1.85. The quantitative estimate of drug-likeness (QED) is 0.567. The normalized spacial score (nSPS) is 22.2. The van der Waals surface area contributed by atoms with E-state index in [1.54, 1.807) is 0 Å². The molecule has 0 spiro atoms. The molecule has 1 aliphatic rings. The van der Waals surface area contributed by atoms with Crippen molar-refractivity contribution in [3.63, 3.8) is 0 Å². The van der Waals surface area contributed by atoms with E-state index in [1.165, 1.54) is 6.08 Å². The summed E-state index contributed by atoms with van der Waals surface area (Å²) in [5.74, 6) is 0.0631. The lowest BCUT2D eigenvalue weighted by Crippen LogP contribution is -2.54. The Hall–Kier alpha value is -0.830. The van der Waals surface area contributed by atoms with Crippen molar-refractivity contribution in [2.45, 2.75) is 12.5 Å². The van der Waals surface area contributed by atoms with Crippen molar-refractivity contribution >= 4 is 5.91 Å². The molecule has 1 amide bonds. The van der Waals surface area contributed by atoms with Gasteiger partial charge >= 0.3 is 0 Å². The Morgan fingerprint density at radius 2 is 2.42 bits per heavy atom. The van der Waals surface area contributed by atoms with Gasteiger partial charge in [0.15, 0.2) is 0 Å². The highest BCUT2D eigenvalue weighted by Crippen LogP contribution is 2.17. The van der Waals surface area contributed by atoms with Crippen LogP contribution in [-0.2, 0) is 4.79 Å². The smallest absolute Gasteiger partial charge is 0.246 e. The maximum absolute atomic E-state index is 11.2. The van der Waals surface area contributed by atoms with Crippen LogP contribution in [0.2, 0.25) is 0 Å². The van der Waals surface area contributed by atoms with Gasteiger partial charge in [-0.25, -0.2) is 0 Å². The molecule has 0 radical (unpaired) electrons. The molecule has 0 aromatic carbocycles. The maximum atomic E-state index is 11.2. The fourth-order valence-corrected chi connectivity index (χ4v) is 1.46. The Balaban J connectivity index is 2.38. The summed E-state index contributed by atoms with van der Waals surface area (Å²) in [5, 5.41) is 0. The number of carbonyl (C=O) groups excluding carboxylic acids is 1. The molecule has 0 N–H and O–H groups in total. The number of hydrogen-bond acceptors (Lipinski definition) is 2. The van der Waals surface area contributed by atoms with E-state index in [0.29, 0.717) is 6.04 Å². The lowest BCUT2D eigenvalue weighted by atomic mass is 10.0. The molecule has 1 rings (SSSR count). The van der Waals surface area contributed by atoms with Gasteiger partial charge in [-0.15, -0.1) is 0 Å². The van der Waals surface area contributed by atoms with Gasteiger partial charge in [-0.2, -0.15) is 0 Å². The first-order chi connectivity index (χ1) is 5.65. The zero-order chi connectivity index (χ0) is 9.14. The number of amides is 1. The molecule has 0 unspecified atom stereocenters. The first kappa shape index (κ1) is 9.26. The first-order valence-corrected chi connectivity index (χ1v) is 4.23. The molecule has 1 aliphatic heterocycles. The molecule has 0 saturated carbocycles. The maximum Gasteiger partial charge on any atom is 0.246 e. The second kappa shape index (κ2) is 3.72. The molecule has 0 aromatic rings. The van der Waals surface area contributed by atoms with E-state index in [0.717, 1.165) is 19.5 Å². The van der Waals surface area contributed by atoms with Crippen molar-refractivity contribution in [2.24, 2.45) is 0 Å². The largest absolute Gasteiger partial charge is 0.335 e. The predicted octanol–water partition coefficient (Wildman–Crippen LogP) is 0.335. The van der Waals surface area contributed by atoms with Crippen molar-refractivity contribution in [3.05, 3.63) is 12.7 Å². The van der Waals surface area contributed by atoms with Gasteiger partial charge in [-0.1, -0.05) is 6.58 Å². The van der Waals surface area contributed by atoms with Crippen LogP contribution >= 0.6 is 0 Å². The molecule has 0 aliphatic carbocycles. The highest BCUT2D eigenvalue weighted by molar-refractivity contribution is 5.87. The SMILES string of the molecule is C=CC(=O)N1CC[C@@H]1CN(C)C. The van der Waals surface area contributed by atoms with Gasteiger partial charge in [0, 0.05) is 19.1 Å². The highest BCUT2D eigenvalue weighted by Gasteiger charge is 2.30.